The van der Waals surface area contributed by atoms with E-state index < -0.39 is 12.1 Å². The third kappa shape index (κ3) is 40.2. The summed E-state index contributed by atoms with van der Waals surface area (Å²) < 4.78 is 16.5. The molecule has 0 aromatic carbocycles. The molecule has 0 aliphatic heterocycles. The molecule has 0 radical (unpaired) electrons. The van der Waals surface area contributed by atoms with Crippen LogP contribution in [0, 0.1) is 0 Å². The van der Waals surface area contributed by atoms with E-state index in [1.54, 1.807) is 0 Å². The molecule has 0 bridgehead atoms. The second kappa shape index (κ2) is 42.8. The molecule has 0 fully saturated rings. The Morgan fingerprint density at radius 2 is 0.732 bits per heavy atom. The van der Waals surface area contributed by atoms with Crippen molar-refractivity contribution in [2.75, 3.05) is 13.2 Å². The highest BCUT2D eigenvalue weighted by atomic mass is 16.6. The van der Waals surface area contributed by atoms with Crippen LogP contribution in [0.2, 0.25) is 0 Å². The Bertz CT molecular complexity index is 1390. The minimum atomic E-state index is -0.865. The second-order valence-corrected chi connectivity index (χ2v) is 12.6. The highest BCUT2D eigenvalue weighted by molar-refractivity contribution is 5.71. The van der Waals surface area contributed by atoms with E-state index in [-0.39, 0.29) is 44.4 Å². The van der Waals surface area contributed by atoms with E-state index in [1.807, 2.05) is 109 Å². The molecule has 0 saturated carbocycles. The van der Waals surface area contributed by atoms with Crippen LogP contribution < -0.4 is 0 Å². The van der Waals surface area contributed by atoms with Gasteiger partial charge in [0.1, 0.15) is 13.2 Å². The molecule has 0 spiro atoms. The molecule has 0 N–H and O–H groups in total. The first-order valence-electron chi connectivity index (χ1n) is 20.6. The van der Waals surface area contributed by atoms with Crippen molar-refractivity contribution >= 4 is 17.9 Å². The molecule has 6 nitrogen and oxygen atoms in total. The number of allylic oxidation sites excluding steroid dienone is 26. The molecular weight excluding hydrogens is 697 g/mol. The Morgan fingerprint density at radius 3 is 1.20 bits per heavy atom. The van der Waals surface area contributed by atoms with Crippen LogP contribution in [0.15, 0.2) is 158 Å². The van der Waals surface area contributed by atoms with Gasteiger partial charge in [0.15, 0.2) is 6.10 Å². The number of unbranched alkanes of at least 4 members (excludes halogenated alkanes) is 4. The molecule has 0 amide bonds. The zero-order chi connectivity index (χ0) is 40.8. The molecule has 0 rings (SSSR count). The van der Waals surface area contributed by atoms with Crippen LogP contribution in [0.25, 0.3) is 0 Å². The fraction of sp³-hybridized carbons (Fsp3) is 0.420. The van der Waals surface area contributed by atoms with Gasteiger partial charge in [-0.15, -0.1) is 0 Å². The second-order valence-electron chi connectivity index (χ2n) is 12.6. The zero-order valence-electron chi connectivity index (χ0n) is 34.6. The smallest absolute Gasteiger partial charge is 0.306 e. The largest absolute Gasteiger partial charge is 0.462 e. The van der Waals surface area contributed by atoms with Gasteiger partial charge in [0.05, 0.1) is 0 Å². The van der Waals surface area contributed by atoms with E-state index in [1.165, 1.54) is 0 Å². The summed E-state index contributed by atoms with van der Waals surface area (Å²) in [6, 6.07) is 0. The third-order valence-corrected chi connectivity index (χ3v) is 7.51. The van der Waals surface area contributed by atoms with Crippen molar-refractivity contribution in [3.8, 4) is 0 Å². The minimum Gasteiger partial charge on any atom is -0.462 e. The van der Waals surface area contributed by atoms with E-state index in [2.05, 4.69) is 69.4 Å². The van der Waals surface area contributed by atoms with Crippen molar-refractivity contribution in [3.05, 3.63) is 158 Å². The van der Waals surface area contributed by atoms with E-state index in [4.69, 9.17) is 14.2 Å². The summed E-state index contributed by atoms with van der Waals surface area (Å²) in [5, 5.41) is 0. The molecule has 0 aliphatic rings. The number of carbonyl (C=O) groups is 3. The van der Waals surface area contributed by atoms with Gasteiger partial charge in [-0.3, -0.25) is 14.4 Å². The van der Waals surface area contributed by atoms with E-state index in [9.17, 15) is 14.4 Å². The predicted octanol–water partition coefficient (Wildman–Crippen LogP) is 13.1. The Kier molecular flexibility index (Phi) is 39.0. The van der Waals surface area contributed by atoms with E-state index in [0.717, 1.165) is 51.4 Å². The van der Waals surface area contributed by atoms with Crippen molar-refractivity contribution in [3.63, 3.8) is 0 Å². The molecule has 306 valence electrons. The Balaban J connectivity index is 4.74. The number of carbonyl (C=O) groups excluding carboxylic acids is 3. The molecule has 1 atom stereocenters. The molecular formula is C50H70O6. The molecule has 0 saturated heterocycles. The summed E-state index contributed by atoms with van der Waals surface area (Å²) in [4.78, 5) is 37.6. The fourth-order valence-corrected chi connectivity index (χ4v) is 4.51. The first-order valence-corrected chi connectivity index (χ1v) is 20.6. The lowest BCUT2D eigenvalue weighted by Gasteiger charge is -2.18. The van der Waals surface area contributed by atoms with Gasteiger partial charge in [0, 0.05) is 19.3 Å². The number of ether oxygens (including phenoxy) is 3. The number of esters is 3. The van der Waals surface area contributed by atoms with Crippen LogP contribution in [0.4, 0.5) is 0 Å². The average molecular weight is 767 g/mol. The molecule has 6 heteroatoms. The van der Waals surface area contributed by atoms with Crippen LogP contribution in [0.5, 0.6) is 0 Å². The summed E-state index contributed by atoms with van der Waals surface area (Å²) in [5.74, 6) is -1.17. The quantitative estimate of drug-likeness (QED) is 0.0218. The van der Waals surface area contributed by atoms with Crippen LogP contribution in [-0.4, -0.2) is 37.2 Å². The predicted molar refractivity (Wildman–Crippen MR) is 237 cm³/mol. The zero-order valence-corrected chi connectivity index (χ0v) is 34.6. The van der Waals surface area contributed by atoms with Crippen molar-refractivity contribution in [1.82, 2.24) is 0 Å². The third-order valence-electron chi connectivity index (χ3n) is 7.51. The highest BCUT2D eigenvalue weighted by Crippen LogP contribution is 2.08. The maximum Gasteiger partial charge on any atom is 0.306 e. The summed E-state index contributed by atoms with van der Waals surface area (Å²) in [6.07, 6.45) is 62.5. The minimum absolute atomic E-state index is 0.158. The summed E-state index contributed by atoms with van der Waals surface area (Å²) in [7, 11) is 0. The summed E-state index contributed by atoms with van der Waals surface area (Å²) in [6.45, 7) is 6.00. The topological polar surface area (TPSA) is 78.9 Å². The monoisotopic (exact) mass is 767 g/mol. The maximum absolute atomic E-state index is 12.7. The summed E-state index contributed by atoms with van der Waals surface area (Å²) in [5.41, 5.74) is 0. The lowest BCUT2D eigenvalue weighted by molar-refractivity contribution is -0.167. The molecule has 56 heavy (non-hydrogen) atoms. The van der Waals surface area contributed by atoms with Gasteiger partial charge in [-0.05, 0) is 77.0 Å². The Labute approximate surface area is 339 Å². The molecule has 0 aromatic heterocycles. The summed E-state index contributed by atoms with van der Waals surface area (Å²) >= 11 is 0. The number of hydrogen-bond acceptors (Lipinski definition) is 6. The molecule has 0 aliphatic carbocycles. The maximum atomic E-state index is 12.7. The number of hydrogen-bond donors (Lipinski definition) is 0. The Hall–Kier alpha value is -4.97. The van der Waals surface area contributed by atoms with Crippen LogP contribution >= 0.6 is 0 Å². The van der Waals surface area contributed by atoms with Gasteiger partial charge < -0.3 is 14.2 Å². The molecule has 1 unspecified atom stereocenters. The molecule has 0 heterocycles. The van der Waals surface area contributed by atoms with Crippen molar-refractivity contribution in [1.29, 1.82) is 0 Å². The van der Waals surface area contributed by atoms with Crippen molar-refractivity contribution < 1.29 is 28.6 Å². The normalized spacial score (nSPS) is 13.7. The van der Waals surface area contributed by atoms with Gasteiger partial charge >= 0.3 is 17.9 Å². The highest BCUT2D eigenvalue weighted by Gasteiger charge is 2.19. The van der Waals surface area contributed by atoms with Gasteiger partial charge in [-0.2, -0.15) is 0 Å². The average Bonchev–Trinajstić information content (AvgIpc) is 3.19. The van der Waals surface area contributed by atoms with Crippen LogP contribution in [-0.2, 0) is 28.6 Å². The van der Waals surface area contributed by atoms with E-state index in [0.29, 0.717) is 25.7 Å². The number of rotatable bonds is 33. The van der Waals surface area contributed by atoms with Crippen molar-refractivity contribution in [2.45, 2.75) is 123 Å². The first kappa shape index (κ1) is 51.0. The first-order chi connectivity index (χ1) is 27.5. The van der Waals surface area contributed by atoms with Crippen LogP contribution in [0.1, 0.15) is 117 Å². The SMILES string of the molecule is CC\C=C/C=C\C=C/C=C\C=C/CCCC(=O)OCC(COC(=O)CCCC/C=C\C/C=C\C/C=C\CC)OC(=O)CCC\C=C/C=C\C=C/C=C\C=C/CC. The lowest BCUT2D eigenvalue weighted by Crippen LogP contribution is -2.30. The van der Waals surface area contributed by atoms with Gasteiger partial charge in [0.2, 0.25) is 0 Å². The van der Waals surface area contributed by atoms with Crippen LogP contribution in [0.3, 0.4) is 0 Å². The van der Waals surface area contributed by atoms with Gasteiger partial charge in [0.25, 0.3) is 0 Å². The van der Waals surface area contributed by atoms with Gasteiger partial charge in [-0.25, -0.2) is 0 Å². The van der Waals surface area contributed by atoms with Crippen molar-refractivity contribution in [2.24, 2.45) is 0 Å². The van der Waals surface area contributed by atoms with Gasteiger partial charge in [-0.1, -0.05) is 179 Å². The Morgan fingerprint density at radius 1 is 0.375 bits per heavy atom. The standard InChI is InChI=1S/C50H70O6/c1-4-7-10-13-16-19-22-25-28-31-34-37-40-43-49(52)55-46-47(45-54-48(51)42-39-36-33-30-27-24-21-18-15-12-9-6-3)56-50(53)44-41-38-35-32-29-26-23-20-17-14-11-8-5-2/h7-14,16-23,25-32,34-35,47H,4-6,15,24,33,36-46H2,1-3H3/b10-7-,11-8-,12-9-,16-13-,17-14-,21-18-,22-19-,23-20-,28-25-,29-26-,30-27-,34-31-,35-32-. The lowest BCUT2D eigenvalue weighted by atomic mass is 10.2. The molecule has 0 aromatic rings. The fourth-order valence-electron chi connectivity index (χ4n) is 4.51. The van der Waals surface area contributed by atoms with E-state index >= 15 is 0 Å².